The number of H-pyrrole nitrogens is 1. The van der Waals surface area contributed by atoms with Gasteiger partial charge in [-0.15, -0.1) is 0 Å². The molecule has 7 heteroatoms. The second kappa shape index (κ2) is 6.64. The first-order chi connectivity index (χ1) is 7.67. The highest BCUT2D eigenvalue weighted by Gasteiger charge is 2.12. The van der Waals surface area contributed by atoms with Gasteiger partial charge in [0.15, 0.2) is 0 Å². The Kier molecular flexibility index (Phi) is 5.47. The molecule has 0 aromatic carbocycles. The lowest BCUT2D eigenvalue weighted by molar-refractivity contribution is 0.199. The van der Waals surface area contributed by atoms with Gasteiger partial charge in [-0.05, 0) is 6.07 Å². The van der Waals surface area contributed by atoms with E-state index in [1.807, 2.05) is 0 Å². The fourth-order valence-corrected chi connectivity index (χ4v) is 2.14. The zero-order valence-corrected chi connectivity index (χ0v) is 10.0. The van der Waals surface area contributed by atoms with Crippen LogP contribution in [-0.4, -0.2) is 46.8 Å². The zero-order chi connectivity index (χ0) is 11.9. The minimum absolute atomic E-state index is 0.254. The van der Waals surface area contributed by atoms with Crippen molar-refractivity contribution in [2.24, 2.45) is 0 Å². The van der Waals surface area contributed by atoms with Crippen molar-refractivity contribution < 1.29 is 13.2 Å². The van der Waals surface area contributed by atoms with Crippen LogP contribution in [0, 0.1) is 0 Å². The summed E-state index contributed by atoms with van der Waals surface area (Å²) in [6.07, 6.45) is 3.02. The molecule has 0 saturated heterocycles. The number of rotatable bonds is 8. The predicted octanol–water partition coefficient (Wildman–Crippen LogP) is -0.471. The van der Waals surface area contributed by atoms with E-state index in [-0.39, 0.29) is 4.90 Å². The molecule has 0 fully saturated rings. The van der Waals surface area contributed by atoms with Crippen LogP contribution < -0.4 is 10.0 Å². The van der Waals surface area contributed by atoms with Crippen LogP contribution in [0.2, 0.25) is 0 Å². The summed E-state index contributed by atoms with van der Waals surface area (Å²) >= 11 is 0. The van der Waals surface area contributed by atoms with Crippen LogP contribution in [-0.2, 0) is 14.8 Å². The zero-order valence-electron chi connectivity index (χ0n) is 9.19. The molecule has 0 radical (unpaired) electrons. The highest BCUT2D eigenvalue weighted by Crippen LogP contribution is 2.04. The van der Waals surface area contributed by atoms with E-state index in [2.05, 4.69) is 15.0 Å². The third-order valence-electron chi connectivity index (χ3n) is 1.96. The summed E-state index contributed by atoms with van der Waals surface area (Å²) in [7, 11) is -1.74. The Hall–Kier alpha value is -0.890. The van der Waals surface area contributed by atoms with E-state index in [1.165, 1.54) is 12.3 Å². The van der Waals surface area contributed by atoms with E-state index in [0.717, 1.165) is 0 Å². The number of hydrogen-bond acceptors (Lipinski definition) is 4. The maximum atomic E-state index is 11.6. The molecule has 3 N–H and O–H groups in total. The predicted molar refractivity (Wildman–Crippen MR) is 60.7 cm³/mol. The molecule has 0 spiro atoms. The SMILES string of the molecule is COCCNCCNS(=O)(=O)c1cc[nH]c1. The standard InChI is InChI=1S/C9H17N3O3S/c1-15-7-6-10-4-5-12-16(13,14)9-2-3-11-8-9/h2-3,8,10-12H,4-7H2,1H3. The molecule has 1 heterocycles. The third-order valence-corrected chi connectivity index (χ3v) is 3.42. The molecular weight excluding hydrogens is 230 g/mol. The van der Waals surface area contributed by atoms with Crippen molar-refractivity contribution in [1.29, 1.82) is 0 Å². The fourth-order valence-electron chi connectivity index (χ4n) is 1.13. The van der Waals surface area contributed by atoms with Crippen LogP contribution in [0.3, 0.4) is 0 Å². The van der Waals surface area contributed by atoms with Gasteiger partial charge in [-0.3, -0.25) is 0 Å². The van der Waals surface area contributed by atoms with E-state index in [9.17, 15) is 8.42 Å². The van der Waals surface area contributed by atoms with Crippen molar-refractivity contribution in [3.05, 3.63) is 18.5 Å². The average molecular weight is 247 g/mol. The maximum Gasteiger partial charge on any atom is 0.242 e. The van der Waals surface area contributed by atoms with E-state index in [4.69, 9.17) is 4.74 Å². The lowest BCUT2D eigenvalue weighted by atomic mass is 10.6. The van der Waals surface area contributed by atoms with Gasteiger partial charge in [-0.25, -0.2) is 13.1 Å². The number of methoxy groups -OCH3 is 1. The Morgan fingerprint density at radius 2 is 2.19 bits per heavy atom. The second-order valence-corrected chi connectivity index (χ2v) is 4.95. The number of sulfonamides is 1. The summed E-state index contributed by atoms with van der Waals surface area (Å²) in [5.74, 6) is 0. The van der Waals surface area contributed by atoms with Gasteiger partial charge in [-0.2, -0.15) is 0 Å². The summed E-state index contributed by atoms with van der Waals surface area (Å²) in [5, 5.41) is 3.04. The number of aromatic nitrogens is 1. The van der Waals surface area contributed by atoms with E-state index >= 15 is 0 Å². The third kappa shape index (κ3) is 4.31. The number of nitrogens with one attached hydrogen (secondary N) is 3. The van der Waals surface area contributed by atoms with Gasteiger partial charge in [0, 0.05) is 39.1 Å². The topological polar surface area (TPSA) is 83.2 Å². The van der Waals surface area contributed by atoms with Crippen LogP contribution in [0.5, 0.6) is 0 Å². The average Bonchev–Trinajstić information content (AvgIpc) is 2.77. The molecule has 0 unspecified atom stereocenters. The van der Waals surface area contributed by atoms with Crippen LogP contribution in [0.4, 0.5) is 0 Å². The summed E-state index contributed by atoms with van der Waals surface area (Å²) < 4.78 is 30.5. The highest BCUT2D eigenvalue weighted by atomic mass is 32.2. The molecule has 1 aromatic heterocycles. The Labute approximate surface area is 95.4 Å². The molecule has 0 aliphatic rings. The minimum Gasteiger partial charge on any atom is -0.383 e. The van der Waals surface area contributed by atoms with Gasteiger partial charge in [-0.1, -0.05) is 0 Å². The van der Waals surface area contributed by atoms with Gasteiger partial charge in [0.2, 0.25) is 10.0 Å². The van der Waals surface area contributed by atoms with Crippen molar-refractivity contribution in [2.45, 2.75) is 4.90 Å². The van der Waals surface area contributed by atoms with Crippen molar-refractivity contribution in [2.75, 3.05) is 33.4 Å². The molecule has 16 heavy (non-hydrogen) atoms. The van der Waals surface area contributed by atoms with Crippen LogP contribution >= 0.6 is 0 Å². The Morgan fingerprint density at radius 3 is 2.81 bits per heavy atom. The molecule has 0 aliphatic heterocycles. The highest BCUT2D eigenvalue weighted by molar-refractivity contribution is 7.89. The summed E-state index contributed by atoms with van der Waals surface area (Å²) in [4.78, 5) is 2.96. The minimum atomic E-state index is -3.36. The summed E-state index contributed by atoms with van der Waals surface area (Å²) in [5.41, 5.74) is 0. The molecular formula is C9H17N3O3S. The quantitative estimate of drug-likeness (QED) is 0.542. The molecule has 1 rings (SSSR count). The molecule has 6 nitrogen and oxygen atoms in total. The van der Waals surface area contributed by atoms with E-state index < -0.39 is 10.0 Å². The first-order valence-electron chi connectivity index (χ1n) is 4.99. The first-order valence-corrected chi connectivity index (χ1v) is 6.47. The van der Waals surface area contributed by atoms with Crippen molar-refractivity contribution in [3.63, 3.8) is 0 Å². The number of aromatic amines is 1. The van der Waals surface area contributed by atoms with Gasteiger partial charge in [0.25, 0.3) is 0 Å². The molecule has 0 amide bonds. The second-order valence-electron chi connectivity index (χ2n) is 3.19. The number of hydrogen-bond donors (Lipinski definition) is 3. The molecule has 0 saturated carbocycles. The van der Waals surface area contributed by atoms with Gasteiger partial charge in [0.05, 0.1) is 11.5 Å². The van der Waals surface area contributed by atoms with E-state index in [1.54, 1.807) is 13.3 Å². The van der Waals surface area contributed by atoms with Crippen molar-refractivity contribution in [3.8, 4) is 0 Å². The molecule has 0 atom stereocenters. The Morgan fingerprint density at radius 1 is 1.38 bits per heavy atom. The lowest BCUT2D eigenvalue weighted by Gasteiger charge is -2.06. The van der Waals surface area contributed by atoms with Gasteiger partial charge >= 0.3 is 0 Å². The first kappa shape index (κ1) is 13.2. The van der Waals surface area contributed by atoms with E-state index in [0.29, 0.717) is 26.2 Å². The molecule has 92 valence electrons. The Balaban J connectivity index is 2.22. The lowest BCUT2D eigenvalue weighted by Crippen LogP contribution is -2.32. The number of ether oxygens (including phenoxy) is 1. The molecule has 0 aliphatic carbocycles. The fraction of sp³-hybridized carbons (Fsp3) is 0.556. The molecule has 0 bridgehead atoms. The van der Waals surface area contributed by atoms with Crippen molar-refractivity contribution >= 4 is 10.0 Å². The summed E-state index contributed by atoms with van der Waals surface area (Å²) in [6.45, 7) is 2.26. The van der Waals surface area contributed by atoms with Gasteiger partial charge < -0.3 is 15.0 Å². The van der Waals surface area contributed by atoms with Crippen LogP contribution in [0.1, 0.15) is 0 Å². The smallest absolute Gasteiger partial charge is 0.242 e. The maximum absolute atomic E-state index is 11.6. The van der Waals surface area contributed by atoms with Crippen LogP contribution in [0.25, 0.3) is 0 Å². The van der Waals surface area contributed by atoms with Crippen LogP contribution in [0.15, 0.2) is 23.4 Å². The summed E-state index contributed by atoms with van der Waals surface area (Å²) in [6, 6.07) is 1.51. The largest absolute Gasteiger partial charge is 0.383 e. The molecule has 1 aromatic rings. The van der Waals surface area contributed by atoms with Crippen molar-refractivity contribution in [1.82, 2.24) is 15.0 Å². The van der Waals surface area contributed by atoms with Gasteiger partial charge in [0.1, 0.15) is 0 Å². The monoisotopic (exact) mass is 247 g/mol. The normalized spacial score (nSPS) is 11.8. The Bertz CT molecular complexity index is 375.